The summed E-state index contributed by atoms with van der Waals surface area (Å²) >= 11 is 1.12. The van der Waals surface area contributed by atoms with Crippen LogP contribution in [0, 0.1) is 0 Å². The lowest BCUT2D eigenvalue weighted by atomic mass is 9.95. The molecule has 0 spiro atoms. The van der Waals surface area contributed by atoms with Gasteiger partial charge in [0.05, 0.1) is 11.2 Å². The Balaban J connectivity index is 1.63. The van der Waals surface area contributed by atoms with Gasteiger partial charge in [0.2, 0.25) is 0 Å². The second-order valence-electron chi connectivity index (χ2n) is 7.47. The predicted octanol–water partition coefficient (Wildman–Crippen LogP) is 3.86. The summed E-state index contributed by atoms with van der Waals surface area (Å²) in [5, 5.41) is -0.0691. The molecule has 1 aromatic carbocycles. The van der Waals surface area contributed by atoms with Gasteiger partial charge in [-0.25, -0.2) is 0 Å². The molecule has 1 fully saturated rings. The lowest BCUT2D eigenvalue weighted by Gasteiger charge is -2.20. The van der Waals surface area contributed by atoms with Crippen LogP contribution in [0.15, 0.2) is 42.6 Å². The highest BCUT2D eigenvalue weighted by Gasteiger charge is 2.43. The van der Waals surface area contributed by atoms with Gasteiger partial charge in [-0.05, 0) is 43.5 Å². The quantitative estimate of drug-likeness (QED) is 0.467. The molecule has 1 saturated heterocycles. The van der Waals surface area contributed by atoms with Crippen LogP contribution < -0.4 is 4.74 Å². The molecular formula is C23H25NO5S. The number of carbonyl (C=O) groups is 3. The van der Waals surface area contributed by atoms with Crippen molar-refractivity contribution in [2.24, 2.45) is 0 Å². The maximum absolute atomic E-state index is 12.1. The van der Waals surface area contributed by atoms with Gasteiger partial charge in [-0.3, -0.25) is 19.4 Å². The van der Waals surface area contributed by atoms with Crippen molar-refractivity contribution >= 4 is 28.6 Å². The molecule has 0 amide bonds. The molecule has 0 saturated carbocycles. The smallest absolute Gasteiger partial charge is 0.303 e. The van der Waals surface area contributed by atoms with Crippen molar-refractivity contribution in [1.29, 1.82) is 0 Å². The van der Waals surface area contributed by atoms with E-state index in [0.29, 0.717) is 12.2 Å². The third-order valence-electron chi connectivity index (χ3n) is 4.99. The minimum atomic E-state index is -0.697. The van der Waals surface area contributed by atoms with Crippen molar-refractivity contribution in [3.05, 3.63) is 59.4 Å². The van der Waals surface area contributed by atoms with Crippen LogP contribution in [0.4, 0.5) is 0 Å². The summed E-state index contributed by atoms with van der Waals surface area (Å²) in [6.07, 6.45) is 2.48. The molecule has 6 nitrogen and oxygen atoms in total. The first-order chi connectivity index (χ1) is 14.3. The lowest BCUT2D eigenvalue weighted by molar-refractivity contribution is -0.148. The zero-order valence-electron chi connectivity index (χ0n) is 17.3. The SMILES string of the molecule is CCc1ccc([C@@H](COc2ccc(CC3(C)SC(=O)CC3=O)cc2)OC(C)=O)cn1. The van der Waals surface area contributed by atoms with Gasteiger partial charge >= 0.3 is 5.97 Å². The number of rotatable bonds is 8. The fourth-order valence-electron chi connectivity index (χ4n) is 3.30. The van der Waals surface area contributed by atoms with E-state index >= 15 is 0 Å². The monoisotopic (exact) mass is 427 g/mol. The normalized spacial score (nSPS) is 19.6. The third kappa shape index (κ3) is 5.48. The number of esters is 1. The number of Topliss-reactive ketones (excluding diaryl/α,β-unsaturated/α-hetero) is 1. The second kappa shape index (κ2) is 9.43. The first-order valence-electron chi connectivity index (χ1n) is 9.88. The fraction of sp³-hybridized carbons (Fsp3) is 0.391. The highest BCUT2D eigenvalue weighted by molar-refractivity contribution is 8.16. The summed E-state index contributed by atoms with van der Waals surface area (Å²) in [7, 11) is 0. The Labute approximate surface area is 180 Å². The van der Waals surface area contributed by atoms with Gasteiger partial charge in [0, 0.05) is 24.4 Å². The molecule has 0 aliphatic carbocycles. The Morgan fingerprint density at radius 3 is 2.47 bits per heavy atom. The van der Waals surface area contributed by atoms with Crippen molar-refractivity contribution in [2.45, 2.75) is 50.9 Å². The lowest BCUT2D eigenvalue weighted by Crippen LogP contribution is -2.29. The molecule has 0 radical (unpaired) electrons. The molecule has 2 atom stereocenters. The maximum atomic E-state index is 12.1. The zero-order valence-corrected chi connectivity index (χ0v) is 18.2. The number of nitrogens with zero attached hydrogens (tertiary/aromatic N) is 1. The van der Waals surface area contributed by atoms with E-state index in [1.165, 1.54) is 6.92 Å². The van der Waals surface area contributed by atoms with Gasteiger partial charge in [0.1, 0.15) is 12.4 Å². The number of benzene rings is 1. The highest BCUT2D eigenvalue weighted by atomic mass is 32.2. The number of pyridine rings is 1. The number of hydrogen-bond acceptors (Lipinski definition) is 7. The summed E-state index contributed by atoms with van der Waals surface area (Å²) < 4.78 is 10.5. The van der Waals surface area contributed by atoms with Crippen LogP contribution in [0.25, 0.3) is 0 Å². The Morgan fingerprint density at radius 1 is 1.20 bits per heavy atom. The number of carbonyl (C=O) groups excluding carboxylic acids is 3. The average Bonchev–Trinajstić information content (AvgIpc) is 2.97. The second-order valence-corrected chi connectivity index (χ2v) is 9.03. The van der Waals surface area contributed by atoms with Gasteiger partial charge in [0.25, 0.3) is 0 Å². The van der Waals surface area contributed by atoms with Crippen LogP contribution in [0.5, 0.6) is 5.75 Å². The van der Waals surface area contributed by atoms with Crippen molar-refractivity contribution in [3.63, 3.8) is 0 Å². The minimum absolute atomic E-state index is 0.00793. The molecule has 3 rings (SSSR count). The van der Waals surface area contributed by atoms with Crippen LogP contribution in [0.1, 0.15) is 50.1 Å². The molecule has 30 heavy (non-hydrogen) atoms. The zero-order chi connectivity index (χ0) is 21.7. The first kappa shape index (κ1) is 22.0. The summed E-state index contributed by atoms with van der Waals surface area (Å²) in [6.45, 7) is 5.37. The Kier molecular flexibility index (Phi) is 6.92. The van der Waals surface area contributed by atoms with E-state index in [-0.39, 0.29) is 29.9 Å². The number of aromatic nitrogens is 1. The summed E-state index contributed by atoms with van der Waals surface area (Å²) in [5.74, 6) is 0.213. The third-order valence-corrected chi connectivity index (χ3v) is 6.18. The van der Waals surface area contributed by atoms with Gasteiger partial charge in [0.15, 0.2) is 17.0 Å². The largest absolute Gasteiger partial charge is 0.489 e. The Bertz CT molecular complexity index is 926. The van der Waals surface area contributed by atoms with Gasteiger partial charge in [-0.15, -0.1) is 0 Å². The van der Waals surface area contributed by atoms with E-state index in [2.05, 4.69) is 4.98 Å². The number of ketones is 1. The van der Waals surface area contributed by atoms with Crippen molar-refractivity contribution in [2.75, 3.05) is 6.61 Å². The molecule has 0 bridgehead atoms. The van der Waals surface area contributed by atoms with Crippen LogP contribution >= 0.6 is 11.8 Å². The summed E-state index contributed by atoms with van der Waals surface area (Å²) in [5.41, 5.74) is 2.69. The van der Waals surface area contributed by atoms with E-state index in [4.69, 9.17) is 9.47 Å². The highest BCUT2D eigenvalue weighted by Crippen LogP contribution is 2.39. The number of aryl methyl sites for hydroxylation is 1. The van der Waals surface area contributed by atoms with Crippen LogP contribution in [-0.2, 0) is 32.0 Å². The van der Waals surface area contributed by atoms with Crippen molar-refractivity contribution in [3.8, 4) is 5.75 Å². The van der Waals surface area contributed by atoms with Crippen LogP contribution in [-0.4, -0.2) is 33.2 Å². The fourth-order valence-corrected chi connectivity index (χ4v) is 4.43. The molecule has 0 N–H and O–H groups in total. The number of thioether (sulfide) groups is 1. The van der Waals surface area contributed by atoms with E-state index < -0.39 is 10.9 Å². The van der Waals surface area contributed by atoms with Gasteiger partial charge < -0.3 is 9.47 Å². The van der Waals surface area contributed by atoms with Crippen LogP contribution in [0.2, 0.25) is 0 Å². The minimum Gasteiger partial charge on any atom is -0.489 e. The molecule has 7 heteroatoms. The van der Waals surface area contributed by atoms with Crippen LogP contribution in [0.3, 0.4) is 0 Å². The number of ether oxygens (including phenoxy) is 2. The van der Waals surface area contributed by atoms with Gasteiger partial charge in [-0.2, -0.15) is 0 Å². The first-order valence-corrected chi connectivity index (χ1v) is 10.7. The Hall–Kier alpha value is -2.67. The maximum Gasteiger partial charge on any atom is 0.303 e. The molecular weight excluding hydrogens is 402 g/mol. The topological polar surface area (TPSA) is 82.6 Å². The predicted molar refractivity (Wildman–Crippen MR) is 114 cm³/mol. The molecule has 1 aromatic heterocycles. The summed E-state index contributed by atoms with van der Waals surface area (Å²) in [4.78, 5) is 39.5. The van der Waals surface area contributed by atoms with Crippen molar-refractivity contribution < 1.29 is 23.9 Å². The molecule has 2 heterocycles. The summed E-state index contributed by atoms with van der Waals surface area (Å²) in [6, 6.07) is 11.2. The molecule has 158 valence electrons. The van der Waals surface area contributed by atoms with E-state index in [9.17, 15) is 14.4 Å². The standard InChI is InChI=1S/C23H25NO5S/c1-4-18-8-7-17(13-24-18)20(29-15(2)25)14-28-19-9-5-16(6-10-19)12-23(3)21(26)11-22(27)30-23/h5-10,13,20H,4,11-12,14H2,1-3H3/t20-,23?/m1/s1. The van der Waals surface area contributed by atoms with E-state index in [0.717, 1.165) is 35.0 Å². The van der Waals surface area contributed by atoms with Gasteiger partial charge in [-0.1, -0.05) is 36.9 Å². The van der Waals surface area contributed by atoms with E-state index in [1.807, 2.05) is 50.2 Å². The molecule has 2 aromatic rings. The number of hydrogen-bond donors (Lipinski definition) is 0. The van der Waals surface area contributed by atoms with E-state index in [1.54, 1.807) is 6.20 Å². The molecule has 1 aliphatic rings. The average molecular weight is 428 g/mol. The Morgan fingerprint density at radius 2 is 1.93 bits per heavy atom. The van der Waals surface area contributed by atoms with Crippen molar-refractivity contribution in [1.82, 2.24) is 4.98 Å². The molecule has 1 aliphatic heterocycles. The molecule has 1 unspecified atom stereocenters.